The first-order valence-corrected chi connectivity index (χ1v) is 11.8. The summed E-state index contributed by atoms with van der Waals surface area (Å²) in [4.78, 5) is 6.89. The maximum atomic E-state index is 5.79. The molecule has 0 radical (unpaired) electrons. The van der Waals surface area contributed by atoms with Crippen LogP contribution in [0, 0.1) is 0 Å². The lowest BCUT2D eigenvalue weighted by molar-refractivity contribution is 0.409. The molecule has 3 nitrogen and oxygen atoms in total. The van der Waals surface area contributed by atoms with Crippen LogP contribution in [-0.4, -0.2) is 17.1 Å². The van der Waals surface area contributed by atoms with Crippen LogP contribution in [0.1, 0.15) is 22.6 Å². The van der Waals surface area contributed by atoms with E-state index in [2.05, 4.69) is 113 Å². The third kappa shape index (κ3) is 3.41. The number of aromatic nitrogens is 2. The van der Waals surface area contributed by atoms with Gasteiger partial charge in [-0.25, -0.2) is 0 Å². The minimum atomic E-state index is -0.0245. The summed E-state index contributed by atoms with van der Waals surface area (Å²) in [5, 5.41) is 2.36. The highest BCUT2D eigenvalue weighted by Crippen LogP contribution is 2.44. The van der Waals surface area contributed by atoms with Crippen molar-refractivity contribution in [2.75, 3.05) is 7.11 Å². The van der Waals surface area contributed by atoms with Gasteiger partial charge in [-0.2, -0.15) is 0 Å². The summed E-state index contributed by atoms with van der Waals surface area (Å²) in [5.41, 5.74) is 5.71. The lowest BCUT2D eigenvalue weighted by Gasteiger charge is -2.20. The Morgan fingerprint density at radius 1 is 0.667 bits per heavy atom. The van der Waals surface area contributed by atoms with Crippen LogP contribution in [0.2, 0.25) is 0 Å². The third-order valence-electron chi connectivity index (χ3n) is 5.48. The Morgan fingerprint density at radius 2 is 1.17 bits per heavy atom. The number of methoxy groups -OCH3 is 1. The van der Waals surface area contributed by atoms with E-state index in [1.165, 1.54) is 21.9 Å². The van der Waals surface area contributed by atoms with Crippen molar-refractivity contribution in [1.29, 1.82) is 0 Å². The number of nitrogens with one attached hydrogen (secondary N) is 2. The molecule has 2 heterocycles. The van der Waals surface area contributed by atoms with Gasteiger partial charge in [0, 0.05) is 59.1 Å². The first-order valence-electron chi connectivity index (χ1n) is 9.41. The first kappa shape index (κ1) is 19.9. The lowest BCUT2D eigenvalue weighted by atomic mass is 9.84. The van der Waals surface area contributed by atoms with E-state index in [0.717, 1.165) is 35.8 Å². The molecule has 0 atom stereocenters. The van der Waals surface area contributed by atoms with Gasteiger partial charge in [-0.05, 0) is 65.7 Å². The molecule has 0 aliphatic heterocycles. The zero-order chi connectivity index (χ0) is 20.8. The number of benzene rings is 3. The molecule has 6 heteroatoms. The SMILES string of the molecule is COc1ccc(Br)cc1C(c1c[nH]c2ccc(Br)cc12)c1c[nH]c2ccc(Br)cc12. The van der Waals surface area contributed by atoms with E-state index in [-0.39, 0.29) is 5.92 Å². The van der Waals surface area contributed by atoms with Gasteiger partial charge in [0.05, 0.1) is 7.11 Å². The summed E-state index contributed by atoms with van der Waals surface area (Å²) in [6.07, 6.45) is 4.22. The molecule has 0 fully saturated rings. The molecular formula is C24H17Br3N2O. The Kier molecular flexibility index (Phi) is 5.25. The molecule has 0 aliphatic rings. The molecule has 30 heavy (non-hydrogen) atoms. The van der Waals surface area contributed by atoms with Gasteiger partial charge in [0.25, 0.3) is 0 Å². The van der Waals surface area contributed by atoms with Gasteiger partial charge in [0.1, 0.15) is 5.75 Å². The minimum absolute atomic E-state index is 0.0245. The average molecular weight is 589 g/mol. The van der Waals surface area contributed by atoms with Crippen LogP contribution in [0.3, 0.4) is 0 Å². The quantitative estimate of drug-likeness (QED) is 0.219. The second kappa shape index (κ2) is 7.91. The number of hydrogen-bond donors (Lipinski definition) is 2. The van der Waals surface area contributed by atoms with Crippen LogP contribution >= 0.6 is 47.8 Å². The molecule has 0 saturated carbocycles. The van der Waals surface area contributed by atoms with E-state index in [9.17, 15) is 0 Å². The summed E-state index contributed by atoms with van der Waals surface area (Å²) in [6, 6.07) is 18.8. The molecular weight excluding hydrogens is 572 g/mol. The molecule has 5 rings (SSSR count). The smallest absolute Gasteiger partial charge is 0.123 e. The van der Waals surface area contributed by atoms with Gasteiger partial charge in [-0.3, -0.25) is 0 Å². The van der Waals surface area contributed by atoms with Gasteiger partial charge in [-0.1, -0.05) is 47.8 Å². The fraction of sp³-hybridized carbons (Fsp3) is 0.0833. The van der Waals surface area contributed by atoms with E-state index in [4.69, 9.17) is 4.74 Å². The molecule has 0 aliphatic carbocycles. The molecule has 0 spiro atoms. The number of halogens is 3. The van der Waals surface area contributed by atoms with Crippen LogP contribution < -0.4 is 4.74 Å². The molecule has 2 N–H and O–H groups in total. The van der Waals surface area contributed by atoms with E-state index in [1.807, 2.05) is 12.1 Å². The highest BCUT2D eigenvalue weighted by Gasteiger charge is 2.26. The van der Waals surface area contributed by atoms with E-state index in [0.29, 0.717) is 0 Å². The van der Waals surface area contributed by atoms with Crippen molar-refractivity contribution in [2.45, 2.75) is 5.92 Å². The maximum Gasteiger partial charge on any atom is 0.123 e. The number of aromatic amines is 2. The van der Waals surface area contributed by atoms with Crippen molar-refractivity contribution in [3.05, 3.63) is 97.1 Å². The minimum Gasteiger partial charge on any atom is -0.496 e. The number of H-pyrrole nitrogens is 2. The van der Waals surface area contributed by atoms with Crippen LogP contribution in [0.25, 0.3) is 21.8 Å². The Labute approximate surface area is 199 Å². The molecule has 0 unspecified atom stereocenters. The van der Waals surface area contributed by atoms with E-state index < -0.39 is 0 Å². The van der Waals surface area contributed by atoms with Crippen molar-refractivity contribution < 1.29 is 4.74 Å². The zero-order valence-corrected chi connectivity index (χ0v) is 20.7. The molecule has 2 aromatic heterocycles. The van der Waals surface area contributed by atoms with Gasteiger partial charge in [0.15, 0.2) is 0 Å². The molecule has 0 amide bonds. The molecule has 0 bridgehead atoms. The topological polar surface area (TPSA) is 40.8 Å². The van der Waals surface area contributed by atoms with Crippen molar-refractivity contribution in [1.82, 2.24) is 9.97 Å². The van der Waals surface area contributed by atoms with Crippen molar-refractivity contribution in [3.63, 3.8) is 0 Å². The Morgan fingerprint density at radius 3 is 1.70 bits per heavy atom. The number of rotatable bonds is 4. The van der Waals surface area contributed by atoms with Crippen LogP contribution in [0.4, 0.5) is 0 Å². The summed E-state index contributed by atoms with van der Waals surface area (Å²) >= 11 is 10.9. The van der Waals surface area contributed by atoms with Crippen LogP contribution in [-0.2, 0) is 0 Å². The van der Waals surface area contributed by atoms with Gasteiger partial charge in [0.2, 0.25) is 0 Å². The normalized spacial score (nSPS) is 11.6. The van der Waals surface area contributed by atoms with Gasteiger partial charge in [-0.15, -0.1) is 0 Å². The predicted molar refractivity (Wildman–Crippen MR) is 134 cm³/mol. The number of ether oxygens (including phenoxy) is 1. The van der Waals surface area contributed by atoms with Crippen molar-refractivity contribution in [2.24, 2.45) is 0 Å². The molecule has 5 aromatic rings. The average Bonchev–Trinajstić information content (AvgIpc) is 3.33. The van der Waals surface area contributed by atoms with E-state index >= 15 is 0 Å². The molecule has 150 valence electrons. The fourth-order valence-electron chi connectivity index (χ4n) is 4.14. The summed E-state index contributed by atoms with van der Waals surface area (Å²) in [6.45, 7) is 0. The monoisotopic (exact) mass is 586 g/mol. The Bertz CT molecular complexity index is 1310. The van der Waals surface area contributed by atoms with Crippen molar-refractivity contribution in [3.8, 4) is 5.75 Å². The number of fused-ring (bicyclic) bond motifs is 2. The predicted octanol–water partition coefficient (Wildman–Crippen LogP) is 8.13. The van der Waals surface area contributed by atoms with E-state index in [1.54, 1.807) is 7.11 Å². The number of hydrogen-bond acceptors (Lipinski definition) is 1. The molecule has 0 saturated heterocycles. The van der Waals surface area contributed by atoms with Crippen LogP contribution in [0.5, 0.6) is 5.75 Å². The standard InChI is InChI=1S/C24H17Br3N2O/c1-30-23-7-4-15(27)10-18(23)24(19-11-28-21-5-2-13(25)8-16(19)21)20-12-29-22-6-3-14(26)9-17(20)22/h2-12,24,28-29H,1H3. The van der Waals surface area contributed by atoms with Crippen molar-refractivity contribution >= 4 is 69.6 Å². The Hall–Kier alpha value is -2.02. The summed E-state index contributed by atoms with van der Waals surface area (Å²) < 4.78 is 8.91. The summed E-state index contributed by atoms with van der Waals surface area (Å²) in [7, 11) is 1.72. The zero-order valence-electron chi connectivity index (χ0n) is 16.0. The second-order valence-electron chi connectivity index (χ2n) is 7.19. The molecule has 3 aromatic carbocycles. The fourth-order valence-corrected chi connectivity index (χ4v) is 5.24. The van der Waals surface area contributed by atoms with Gasteiger partial charge >= 0.3 is 0 Å². The Balaban J connectivity index is 1.85. The summed E-state index contributed by atoms with van der Waals surface area (Å²) in [5.74, 6) is 0.834. The van der Waals surface area contributed by atoms with Crippen LogP contribution in [0.15, 0.2) is 80.4 Å². The second-order valence-corrected chi connectivity index (χ2v) is 9.93. The largest absolute Gasteiger partial charge is 0.496 e. The highest BCUT2D eigenvalue weighted by atomic mass is 79.9. The lowest BCUT2D eigenvalue weighted by Crippen LogP contribution is -2.05. The van der Waals surface area contributed by atoms with Gasteiger partial charge < -0.3 is 14.7 Å². The third-order valence-corrected chi connectivity index (χ3v) is 6.96. The maximum absolute atomic E-state index is 5.79. The highest BCUT2D eigenvalue weighted by molar-refractivity contribution is 9.11. The first-order chi connectivity index (χ1) is 14.5.